The molecule has 1 aromatic heterocycles. The quantitative estimate of drug-likeness (QED) is 0.541. The number of carbonyl (C=O) groups excluding carboxylic acids is 1. The Balaban J connectivity index is 2.93. The van der Waals surface area contributed by atoms with Gasteiger partial charge in [0.25, 0.3) is 0 Å². The fraction of sp³-hybridized carbons (Fsp3) is 0.273. The lowest BCUT2D eigenvalue weighted by molar-refractivity contribution is 0.101. The molecular formula is C11H13NO2. The first-order chi connectivity index (χ1) is 6.65. The van der Waals surface area contributed by atoms with Crippen molar-refractivity contribution in [2.45, 2.75) is 13.8 Å². The molecule has 0 aromatic carbocycles. The molecule has 0 fully saturated rings. The van der Waals surface area contributed by atoms with Gasteiger partial charge in [-0.2, -0.15) is 0 Å². The van der Waals surface area contributed by atoms with Crippen molar-refractivity contribution in [3.63, 3.8) is 0 Å². The van der Waals surface area contributed by atoms with Crippen molar-refractivity contribution in [3.05, 3.63) is 36.2 Å². The van der Waals surface area contributed by atoms with E-state index in [4.69, 9.17) is 4.74 Å². The average Bonchev–Trinajstić information content (AvgIpc) is 2.18. The third kappa shape index (κ3) is 2.42. The Kier molecular flexibility index (Phi) is 3.40. The first kappa shape index (κ1) is 10.4. The normalized spacial score (nSPS) is 9.57. The van der Waals surface area contributed by atoms with Crippen LogP contribution in [-0.2, 0) is 4.74 Å². The molecule has 3 nitrogen and oxygen atoms in total. The van der Waals surface area contributed by atoms with Crippen LogP contribution in [0, 0.1) is 0 Å². The molecule has 0 saturated heterocycles. The molecule has 0 saturated carbocycles. The molecule has 0 spiro atoms. The van der Waals surface area contributed by atoms with Crippen LogP contribution in [0.1, 0.15) is 29.8 Å². The van der Waals surface area contributed by atoms with Crippen LogP contribution >= 0.6 is 0 Å². The second-order valence-corrected chi connectivity index (χ2v) is 2.87. The summed E-state index contributed by atoms with van der Waals surface area (Å²) in [5, 5.41) is 0. The van der Waals surface area contributed by atoms with E-state index in [2.05, 4.69) is 11.6 Å². The van der Waals surface area contributed by atoms with Crippen molar-refractivity contribution in [2.75, 3.05) is 6.61 Å². The summed E-state index contributed by atoms with van der Waals surface area (Å²) in [6.45, 7) is 7.69. The molecule has 0 bridgehead atoms. The zero-order valence-corrected chi connectivity index (χ0v) is 8.41. The lowest BCUT2D eigenvalue weighted by Gasteiger charge is -2.06. The van der Waals surface area contributed by atoms with Crippen LogP contribution in [0.15, 0.2) is 25.0 Å². The Labute approximate surface area is 83.4 Å². The number of hydrogen-bond donors (Lipinski definition) is 0. The average molecular weight is 191 g/mol. The van der Waals surface area contributed by atoms with Crippen LogP contribution in [0.4, 0.5) is 0 Å². The SMILES string of the molecule is C=C(OCC)c1cncc(C(C)=O)c1. The van der Waals surface area contributed by atoms with Gasteiger partial charge in [0, 0.05) is 23.5 Å². The van der Waals surface area contributed by atoms with E-state index >= 15 is 0 Å². The number of hydrogen-bond acceptors (Lipinski definition) is 3. The van der Waals surface area contributed by atoms with Crippen molar-refractivity contribution in [1.82, 2.24) is 4.98 Å². The van der Waals surface area contributed by atoms with Gasteiger partial charge in [-0.3, -0.25) is 9.78 Å². The van der Waals surface area contributed by atoms with Crippen LogP contribution in [-0.4, -0.2) is 17.4 Å². The molecule has 14 heavy (non-hydrogen) atoms. The fourth-order valence-electron chi connectivity index (χ4n) is 1.04. The Bertz CT molecular complexity index is 358. The molecule has 0 unspecified atom stereocenters. The van der Waals surface area contributed by atoms with E-state index < -0.39 is 0 Å². The van der Waals surface area contributed by atoms with E-state index in [0.717, 1.165) is 5.56 Å². The number of aromatic nitrogens is 1. The predicted molar refractivity (Wildman–Crippen MR) is 54.9 cm³/mol. The van der Waals surface area contributed by atoms with Gasteiger partial charge in [0.05, 0.1) is 6.61 Å². The third-order valence-corrected chi connectivity index (χ3v) is 1.79. The molecule has 0 aliphatic carbocycles. The van der Waals surface area contributed by atoms with Crippen molar-refractivity contribution >= 4 is 11.5 Å². The van der Waals surface area contributed by atoms with Gasteiger partial charge < -0.3 is 4.74 Å². The molecule has 1 rings (SSSR count). The van der Waals surface area contributed by atoms with Gasteiger partial charge in [0.15, 0.2) is 5.78 Å². The molecule has 0 amide bonds. The minimum Gasteiger partial charge on any atom is -0.494 e. The van der Waals surface area contributed by atoms with E-state index in [-0.39, 0.29) is 5.78 Å². The Morgan fingerprint density at radius 2 is 2.14 bits per heavy atom. The van der Waals surface area contributed by atoms with Crippen molar-refractivity contribution < 1.29 is 9.53 Å². The second-order valence-electron chi connectivity index (χ2n) is 2.87. The number of pyridine rings is 1. The minimum atomic E-state index is -0.0105. The maximum atomic E-state index is 11.1. The summed E-state index contributed by atoms with van der Waals surface area (Å²) < 4.78 is 5.22. The monoisotopic (exact) mass is 191 g/mol. The molecule has 1 heterocycles. The van der Waals surface area contributed by atoms with Gasteiger partial charge in [0.1, 0.15) is 5.76 Å². The van der Waals surface area contributed by atoms with Crippen molar-refractivity contribution in [1.29, 1.82) is 0 Å². The van der Waals surface area contributed by atoms with Crippen LogP contribution in [0.2, 0.25) is 0 Å². The smallest absolute Gasteiger partial charge is 0.161 e. The van der Waals surface area contributed by atoms with Gasteiger partial charge in [-0.05, 0) is 19.9 Å². The zero-order chi connectivity index (χ0) is 10.6. The number of Topliss-reactive ketones (excluding diaryl/α,β-unsaturated/α-hetero) is 1. The van der Waals surface area contributed by atoms with E-state index in [1.54, 1.807) is 12.3 Å². The summed E-state index contributed by atoms with van der Waals surface area (Å²) in [6, 6.07) is 1.73. The highest BCUT2D eigenvalue weighted by Crippen LogP contribution is 2.13. The van der Waals surface area contributed by atoms with E-state index in [9.17, 15) is 4.79 Å². The van der Waals surface area contributed by atoms with Gasteiger partial charge in [-0.1, -0.05) is 6.58 Å². The van der Waals surface area contributed by atoms with Crippen molar-refractivity contribution in [3.8, 4) is 0 Å². The molecule has 0 aliphatic heterocycles. The first-order valence-corrected chi connectivity index (χ1v) is 4.43. The van der Waals surface area contributed by atoms with E-state index in [1.807, 2.05) is 6.92 Å². The van der Waals surface area contributed by atoms with Gasteiger partial charge in [0.2, 0.25) is 0 Å². The number of rotatable bonds is 4. The second kappa shape index (κ2) is 4.56. The Morgan fingerprint density at radius 3 is 2.71 bits per heavy atom. The highest BCUT2D eigenvalue weighted by Gasteiger charge is 2.04. The van der Waals surface area contributed by atoms with Crippen LogP contribution < -0.4 is 0 Å². The molecule has 0 atom stereocenters. The van der Waals surface area contributed by atoms with Gasteiger partial charge in [-0.25, -0.2) is 0 Å². The summed E-state index contributed by atoms with van der Waals surface area (Å²) in [7, 11) is 0. The molecule has 74 valence electrons. The number of ether oxygens (including phenoxy) is 1. The molecule has 0 aliphatic rings. The van der Waals surface area contributed by atoms with Gasteiger partial charge >= 0.3 is 0 Å². The van der Waals surface area contributed by atoms with E-state index in [1.165, 1.54) is 13.1 Å². The molecule has 0 N–H and O–H groups in total. The standard InChI is InChI=1S/C11H13NO2/c1-4-14-9(3)11-5-10(8(2)13)6-12-7-11/h5-7H,3-4H2,1-2H3. The lowest BCUT2D eigenvalue weighted by atomic mass is 10.1. The van der Waals surface area contributed by atoms with Crippen LogP contribution in [0.3, 0.4) is 0 Å². The molecule has 1 aromatic rings. The summed E-state index contributed by atoms with van der Waals surface area (Å²) in [5.74, 6) is 0.534. The minimum absolute atomic E-state index is 0.0105. The number of nitrogens with zero attached hydrogens (tertiary/aromatic N) is 1. The Morgan fingerprint density at radius 1 is 1.50 bits per heavy atom. The third-order valence-electron chi connectivity index (χ3n) is 1.79. The van der Waals surface area contributed by atoms with Crippen LogP contribution in [0.25, 0.3) is 5.76 Å². The highest BCUT2D eigenvalue weighted by molar-refractivity contribution is 5.94. The topological polar surface area (TPSA) is 39.2 Å². The molecule has 0 radical (unpaired) electrons. The number of carbonyl (C=O) groups is 1. The Hall–Kier alpha value is -1.64. The summed E-state index contributed by atoms with van der Waals surface area (Å²) in [4.78, 5) is 15.0. The largest absolute Gasteiger partial charge is 0.494 e. The summed E-state index contributed by atoms with van der Waals surface area (Å²) >= 11 is 0. The summed E-state index contributed by atoms with van der Waals surface area (Å²) in [5.41, 5.74) is 1.32. The van der Waals surface area contributed by atoms with Crippen LogP contribution in [0.5, 0.6) is 0 Å². The lowest BCUT2D eigenvalue weighted by Crippen LogP contribution is -1.97. The molecule has 3 heteroatoms. The first-order valence-electron chi connectivity index (χ1n) is 4.43. The van der Waals surface area contributed by atoms with E-state index in [0.29, 0.717) is 17.9 Å². The predicted octanol–water partition coefficient (Wildman–Crippen LogP) is 2.29. The maximum Gasteiger partial charge on any atom is 0.161 e. The zero-order valence-electron chi connectivity index (χ0n) is 8.41. The fourth-order valence-corrected chi connectivity index (χ4v) is 1.04. The highest BCUT2D eigenvalue weighted by atomic mass is 16.5. The molecular weight excluding hydrogens is 178 g/mol. The summed E-state index contributed by atoms with van der Waals surface area (Å²) in [6.07, 6.45) is 3.16. The van der Waals surface area contributed by atoms with Gasteiger partial charge in [-0.15, -0.1) is 0 Å². The maximum absolute atomic E-state index is 11.1. The van der Waals surface area contributed by atoms with Crippen molar-refractivity contribution in [2.24, 2.45) is 0 Å². The number of ketones is 1.